The molecule has 1 aliphatic heterocycles. The summed E-state index contributed by atoms with van der Waals surface area (Å²) in [5, 5.41) is 2.77. The van der Waals surface area contributed by atoms with E-state index in [1.165, 1.54) is 23.9 Å². The zero-order chi connectivity index (χ0) is 17.6. The van der Waals surface area contributed by atoms with Crippen molar-refractivity contribution in [3.05, 3.63) is 29.8 Å². The van der Waals surface area contributed by atoms with Crippen LogP contribution in [0.4, 0.5) is 8.78 Å². The number of amides is 1. The van der Waals surface area contributed by atoms with Crippen molar-refractivity contribution >= 4 is 27.5 Å². The van der Waals surface area contributed by atoms with Gasteiger partial charge in [-0.1, -0.05) is 12.1 Å². The Morgan fingerprint density at radius 3 is 2.62 bits per heavy atom. The number of benzene rings is 1. The van der Waals surface area contributed by atoms with Crippen LogP contribution in [-0.2, 0) is 21.1 Å². The minimum atomic E-state index is -2.92. The van der Waals surface area contributed by atoms with Gasteiger partial charge in [-0.2, -0.15) is 8.78 Å². The van der Waals surface area contributed by atoms with E-state index in [0.717, 1.165) is 5.56 Å². The van der Waals surface area contributed by atoms with E-state index in [0.29, 0.717) is 19.4 Å². The van der Waals surface area contributed by atoms with E-state index in [-0.39, 0.29) is 34.2 Å². The number of nitrogens with one attached hydrogen (secondary N) is 1. The van der Waals surface area contributed by atoms with Gasteiger partial charge in [0, 0.05) is 11.8 Å². The summed E-state index contributed by atoms with van der Waals surface area (Å²) < 4.78 is 51.0. The van der Waals surface area contributed by atoms with Gasteiger partial charge in [0.25, 0.3) is 0 Å². The van der Waals surface area contributed by atoms with Gasteiger partial charge in [-0.15, -0.1) is 11.8 Å². The molecule has 1 aliphatic rings. The Bertz CT molecular complexity index is 650. The predicted molar refractivity (Wildman–Crippen MR) is 89.3 cm³/mol. The van der Waals surface area contributed by atoms with Crippen molar-refractivity contribution in [2.24, 2.45) is 0 Å². The SMILES string of the molecule is O=C(CSC1CCS(=O)(=O)C1)NCCc1ccc(OC(F)F)cc1. The minimum absolute atomic E-state index is 0.00290. The van der Waals surface area contributed by atoms with Crippen LogP contribution in [0.3, 0.4) is 0 Å². The molecule has 5 nitrogen and oxygen atoms in total. The second-order valence-electron chi connectivity index (χ2n) is 5.46. The number of hydrogen-bond acceptors (Lipinski definition) is 5. The maximum absolute atomic E-state index is 12.0. The van der Waals surface area contributed by atoms with Crippen molar-refractivity contribution in [3.63, 3.8) is 0 Å². The summed E-state index contributed by atoms with van der Waals surface area (Å²) in [4.78, 5) is 11.7. The van der Waals surface area contributed by atoms with Crippen LogP contribution in [0, 0.1) is 0 Å². The van der Waals surface area contributed by atoms with Crippen LogP contribution in [0.15, 0.2) is 24.3 Å². The molecule has 24 heavy (non-hydrogen) atoms. The second-order valence-corrected chi connectivity index (χ2v) is 8.98. The van der Waals surface area contributed by atoms with E-state index in [2.05, 4.69) is 10.1 Å². The van der Waals surface area contributed by atoms with E-state index < -0.39 is 16.4 Å². The molecule has 9 heteroatoms. The maximum atomic E-state index is 12.0. The molecule has 0 bridgehead atoms. The van der Waals surface area contributed by atoms with Crippen molar-refractivity contribution in [1.82, 2.24) is 5.32 Å². The summed E-state index contributed by atoms with van der Waals surface area (Å²) in [5.74, 6) is 0.555. The highest BCUT2D eigenvalue weighted by molar-refractivity contribution is 8.02. The quantitative estimate of drug-likeness (QED) is 0.747. The minimum Gasteiger partial charge on any atom is -0.435 e. The molecule has 1 amide bonds. The summed E-state index contributed by atoms with van der Waals surface area (Å²) in [6.07, 6.45) is 1.18. The largest absolute Gasteiger partial charge is 0.435 e. The zero-order valence-corrected chi connectivity index (χ0v) is 14.5. The fourth-order valence-electron chi connectivity index (χ4n) is 2.32. The molecule has 2 rings (SSSR count). The first-order chi connectivity index (χ1) is 11.3. The average Bonchev–Trinajstić information content (AvgIpc) is 2.86. The lowest BCUT2D eigenvalue weighted by Crippen LogP contribution is -2.28. The fourth-order valence-corrected chi connectivity index (χ4v) is 5.79. The lowest BCUT2D eigenvalue weighted by Gasteiger charge is -2.09. The van der Waals surface area contributed by atoms with Gasteiger partial charge >= 0.3 is 6.61 Å². The van der Waals surface area contributed by atoms with E-state index in [4.69, 9.17) is 0 Å². The smallest absolute Gasteiger partial charge is 0.387 e. The predicted octanol–water partition coefficient (Wildman–Crippen LogP) is 1.87. The molecular weight excluding hydrogens is 360 g/mol. The first-order valence-electron chi connectivity index (χ1n) is 7.46. The van der Waals surface area contributed by atoms with Crippen LogP contribution >= 0.6 is 11.8 Å². The van der Waals surface area contributed by atoms with Crippen LogP contribution in [0.1, 0.15) is 12.0 Å². The summed E-state index contributed by atoms with van der Waals surface area (Å²) in [5.41, 5.74) is 0.895. The Kier molecular flexibility index (Phi) is 6.85. The molecule has 1 saturated heterocycles. The number of alkyl halides is 2. The first kappa shape index (κ1) is 19.0. The number of carbonyl (C=O) groups excluding carboxylic acids is 1. The highest BCUT2D eigenvalue weighted by Gasteiger charge is 2.28. The zero-order valence-electron chi connectivity index (χ0n) is 12.9. The monoisotopic (exact) mass is 379 g/mol. The summed E-state index contributed by atoms with van der Waals surface area (Å²) in [7, 11) is -2.92. The van der Waals surface area contributed by atoms with Crippen LogP contribution < -0.4 is 10.1 Å². The van der Waals surface area contributed by atoms with E-state index in [9.17, 15) is 22.0 Å². The Morgan fingerprint density at radius 2 is 2.04 bits per heavy atom. The topological polar surface area (TPSA) is 72.5 Å². The highest BCUT2D eigenvalue weighted by atomic mass is 32.2. The molecule has 1 N–H and O–H groups in total. The molecule has 0 aliphatic carbocycles. The van der Waals surface area contributed by atoms with Gasteiger partial charge in [0.05, 0.1) is 17.3 Å². The van der Waals surface area contributed by atoms with E-state index >= 15 is 0 Å². The molecule has 1 aromatic rings. The van der Waals surface area contributed by atoms with Crippen molar-refractivity contribution in [2.45, 2.75) is 24.7 Å². The third-order valence-corrected chi connectivity index (χ3v) is 6.81. The molecule has 1 atom stereocenters. The number of hydrogen-bond donors (Lipinski definition) is 1. The van der Waals surface area contributed by atoms with Gasteiger partial charge in [-0.3, -0.25) is 4.79 Å². The van der Waals surface area contributed by atoms with Crippen LogP contribution in [0.25, 0.3) is 0 Å². The number of ether oxygens (including phenoxy) is 1. The number of carbonyl (C=O) groups is 1. The molecule has 0 radical (unpaired) electrons. The lowest BCUT2D eigenvalue weighted by atomic mass is 10.1. The van der Waals surface area contributed by atoms with Crippen molar-refractivity contribution in [2.75, 3.05) is 23.8 Å². The normalized spacial score (nSPS) is 19.4. The van der Waals surface area contributed by atoms with Gasteiger partial charge in [-0.25, -0.2) is 8.42 Å². The van der Waals surface area contributed by atoms with Gasteiger partial charge in [0.15, 0.2) is 9.84 Å². The lowest BCUT2D eigenvalue weighted by molar-refractivity contribution is -0.118. The Hall–Kier alpha value is -1.35. The Balaban J connectivity index is 1.64. The van der Waals surface area contributed by atoms with E-state index in [1.54, 1.807) is 12.1 Å². The first-order valence-corrected chi connectivity index (χ1v) is 10.3. The molecule has 1 unspecified atom stereocenters. The van der Waals surface area contributed by atoms with Crippen molar-refractivity contribution in [3.8, 4) is 5.75 Å². The van der Waals surface area contributed by atoms with Crippen LogP contribution in [0.2, 0.25) is 0 Å². The number of sulfone groups is 1. The highest BCUT2D eigenvalue weighted by Crippen LogP contribution is 2.23. The number of rotatable bonds is 8. The van der Waals surface area contributed by atoms with Gasteiger partial charge in [0.1, 0.15) is 5.75 Å². The fraction of sp³-hybridized carbons (Fsp3) is 0.533. The Labute approximate surface area is 144 Å². The van der Waals surface area contributed by atoms with Gasteiger partial charge < -0.3 is 10.1 Å². The van der Waals surface area contributed by atoms with Crippen molar-refractivity contribution < 1.29 is 26.7 Å². The second kappa shape index (κ2) is 8.66. The summed E-state index contributed by atoms with van der Waals surface area (Å²) in [6.45, 7) is -2.42. The van der Waals surface area contributed by atoms with Crippen molar-refractivity contribution in [1.29, 1.82) is 0 Å². The maximum Gasteiger partial charge on any atom is 0.387 e. The molecule has 0 saturated carbocycles. The summed E-state index contributed by atoms with van der Waals surface area (Å²) in [6, 6.07) is 6.25. The van der Waals surface area contributed by atoms with Crippen LogP contribution in [-0.4, -0.2) is 50.0 Å². The molecule has 1 fully saturated rings. The van der Waals surface area contributed by atoms with E-state index in [1.807, 2.05) is 0 Å². The molecule has 1 aromatic carbocycles. The third kappa shape index (κ3) is 6.64. The van der Waals surface area contributed by atoms with Gasteiger partial charge in [0.2, 0.25) is 5.91 Å². The number of halogens is 2. The van der Waals surface area contributed by atoms with Crippen LogP contribution in [0.5, 0.6) is 5.75 Å². The Morgan fingerprint density at radius 1 is 1.33 bits per heavy atom. The third-order valence-electron chi connectivity index (χ3n) is 3.53. The van der Waals surface area contributed by atoms with Gasteiger partial charge in [-0.05, 0) is 30.5 Å². The summed E-state index contributed by atoms with van der Waals surface area (Å²) >= 11 is 1.37. The molecule has 0 aromatic heterocycles. The molecule has 134 valence electrons. The standard InChI is InChI=1S/C15H19F2NO4S2/c16-15(17)22-12-3-1-11(2-4-12)5-7-18-14(19)9-23-13-6-8-24(20,21)10-13/h1-4,13,15H,5-10H2,(H,18,19). The number of thioether (sulfide) groups is 1. The average molecular weight is 379 g/mol. The molecule has 1 heterocycles. The molecule has 0 spiro atoms. The molecular formula is C15H19F2NO4S2.